The molecule has 66 valence electrons. The normalized spacial score (nSPS) is 23.6. The lowest BCUT2D eigenvalue weighted by Gasteiger charge is -2.13. The average molecular weight is 176 g/mol. The first-order valence-corrected chi connectivity index (χ1v) is 3.90. The summed E-state index contributed by atoms with van der Waals surface area (Å²) in [6, 6.07) is 0. The summed E-state index contributed by atoms with van der Waals surface area (Å²) in [6.45, 7) is 0. The van der Waals surface area contributed by atoms with Crippen molar-refractivity contribution >= 4 is 5.97 Å². The molecular formula is C9H8N2O2. The van der Waals surface area contributed by atoms with Crippen molar-refractivity contribution in [1.29, 1.82) is 0 Å². The molecule has 0 aromatic carbocycles. The van der Waals surface area contributed by atoms with Crippen molar-refractivity contribution in [3.63, 3.8) is 0 Å². The Balaban J connectivity index is 2.30. The van der Waals surface area contributed by atoms with Crippen LogP contribution in [0.1, 0.15) is 0 Å². The molecule has 4 nitrogen and oxygen atoms in total. The van der Waals surface area contributed by atoms with E-state index < -0.39 is 0 Å². The molecule has 13 heavy (non-hydrogen) atoms. The maximum Gasteiger partial charge on any atom is 0.317 e. The largest absolute Gasteiger partial charge is 0.468 e. The van der Waals surface area contributed by atoms with Crippen LogP contribution < -0.4 is 0 Å². The van der Waals surface area contributed by atoms with E-state index in [4.69, 9.17) is 0 Å². The number of carbonyl (C=O) groups is 1. The lowest BCUT2D eigenvalue weighted by molar-refractivity contribution is -0.142. The molecule has 1 aliphatic carbocycles. The van der Waals surface area contributed by atoms with Crippen molar-refractivity contribution in [3.05, 3.63) is 35.7 Å². The Hall–Kier alpha value is -1.71. The fourth-order valence-corrected chi connectivity index (χ4v) is 1.34. The number of nitrogens with zero attached hydrogens (tertiary/aromatic N) is 2. The molecule has 0 fully saturated rings. The second-order valence-electron chi connectivity index (χ2n) is 2.74. The van der Waals surface area contributed by atoms with Crippen molar-refractivity contribution in [1.82, 2.24) is 0 Å². The van der Waals surface area contributed by atoms with Gasteiger partial charge in [-0.1, -0.05) is 12.2 Å². The number of carbonyl (C=O) groups excluding carboxylic acids is 1. The van der Waals surface area contributed by atoms with Gasteiger partial charge in [0, 0.05) is 5.57 Å². The smallest absolute Gasteiger partial charge is 0.317 e. The molecule has 1 aliphatic heterocycles. The number of rotatable bonds is 1. The number of fused-ring (bicyclic) bond motifs is 1. The van der Waals surface area contributed by atoms with Crippen LogP contribution in [0.2, 0.25) is 0 Å². The summed E-state index contributed by atoms with van der Waals surface area (Å²) in [6.07, 6.45) is 6.98. The SMILES string of the molecule is COC(=O)[C@@H]1C=CC=C2N=NC=C21. The van der Waals surface area contributed by atoms with Crippen molar-refractivity contribution in [2.75, 3.05) is 7.11 Å². The number of methoxy groups -OCH3 is 1. The van der Waals surface area contributed by atoms with Gasteiger partial charge in [-0.05, 0) is 6.08 Å². The Labute approximate surface area is 75.3 Å². The number of azo groups is 1. The molecular weight excluding hydrogens is 168 g/mol. The van der Waals surface area contributed by atoms with Crippen LogP contribution in [0.25, 0.3) is 0 Å². The maximum absolute atomic E-state index is 11.3. The van der Waals surface area contributed by atoms with Gasteiger partial charge in [0.1, 0.15) is 5.92 Å². The van der Waals surface area contributed by atoms with E-state index >= 15 is 0 Å². The lowest BCUT2D eigenvalue weighted by atomic mass is 9.93. The van der Waals surface area contributed by atoms with Gasteiger partial charge < -0.3 is 4.74 Å². The summed E-state index contributed by atoms with van der Waals surface area (Å²) in [5, 5.41) is 7.60. The van der Waals surface area contributed by atoms with E-state index in [1.165, 1.54) is 7.11 Å². The molecule has 2 rings (SSSR count). The van der Waals surface area contributed by atoms with Gasteiger partial charge in [0.15, 0.2) is 0 Å². The minimum absolute atomic E-state index is 0.277. The second kappa shape index (κ2) is 2.97. The van der Waals surface area contributed by atoms with Crippen molar-refractivity contribution in [3.8, 4) is 0 Å². The monoisotopic (exact) mass is 176 g/mol. The summed E-state index contributed by atoms with van der Waals surface area (Å²) >= 11 is 0. The number of esters is 1. The average Bonchev–Trinajstić information content (AvgIpc) is 2.63. The second-order valence-corrected chi connectivity index (χ2v) is 2.74. The molecule has 0 saturated carbocycles. The van der Waals surface area contributed by atoms with E-state index in [1.807, 2.05) is 6.08 Å². The quantitative estimate of drug-likeness (QED) is 0.569. The van der Waals surface area contributed by atoms with Gasteiger partial charge in [-0.25, -0.2) is 0 Å². The third-order valence-electron chi connectivity index (χ3n) is 2.01. The maximum atomic E-state index is 11.3. The molecule has 0 N–H and O–H groups in total. The van der Waals surface area contributed by atoms with Gasteiger partial charge in [-0.2, -0.15) is 10.2 Å². The Morgan fingerprint density at radius 3 is 3.23 bits per heavy atom. The van der Waals surface area contributed by atoms with Gasteiger partial charge >= 0.3 is 5.97 Å². The lowest BCUT2D eigenvalue weighted by Crippen LogP contribution is -2.17. The molecule has 0 spiro atoms. The van der Waals surface area contributed by atoms with Crippen LogP contribution in [0.5, 0.6) is 0 Å². The first kappa shape index (κ1) is 7.91. The number of hydrogen-bond donors (Lipinski definition) is 0. The molecule has 0 saturated heterocycles. The zero-order valence-electron chi connectivity index (χ0n) is 7.10. The topological polar surface area (TPSA) is 51.0 Å². The van der Waals surface area contributed by atoms with Gasteiger partial charge in [0.25, 0.3) is 0 Å². The van der Waals surface area contributed by atoms with E-state index in [0.717, 1.165) is 11.3 Å². The molecule has 1 atom stereocenters. The van der Waals surface area contributed by atoms with Crippen molar-refractivity contribution in [2.24, 2.45) is 16.1 Å². The van der Waals surface area contributed by atoms with Crippen LogP contribution in [0.3, 0.4) is 0 Å². The summed E-state index contributed by atoms with van der Waals surface area (Å²) in [4.78, 5) is 11.3. The zero-order valence-corrected chi connectivity index (χ0v) is 7.10. The third-order valence-corrected chi connectivity index (χ3v) is 2.01. The number of allylic oxidation sites excluding steroid dienone is 3. The molecule has 0 aromatic heterocycles. The van der Waals surface area contributed by atoms with E-state index in [9.17, 15) is 4.79 Å². The van der Waals surface area contributed by atoms with Crippen LogP contribution in [0.15, 0.2) is 45.9 Å². The number of hydrogen-bond acceptors (Lipinski definition) is 4. The number of ether oxygens (including phenoxy) is 1. The molecule has 4 heteroatoms. The summed E-state index contributed by atoms with van der Waals surface area (Å²) in [5.74, 6) is -0.625. The third kappa shape index (κ3) is 1.20. The van der Waals surface area contributed by atoms with Gasteiger partial charge in [-0.15, -0.1) is 0 Å². The van der Waals surface area contributed by atoms with Crippen molar-refractivity contribution in [2.45, 2.75) is 0 Å². The van der Waals surface area contributed by atoms with Crippen LogP contribution in [-0.2, 0) is 9.53 Å². The zero-order chi connectivity index (χ0) is 9.26. The standard InChI is InChI=1S/C9H8N2O2/c1-13-9(12)6-3-2-4-8-7(6)5-10-11-8/h2-6H,1H3/t6-/m1/s1. The fraction of sp³-hybridized carbons (Fsp3) is 0.222. The van der Waals surface area contributed by atoms with Gasteiger partial charge in [0.05, 0.1) is 19.0 Å². The molecule has 2 aliphatic rings. The van der Waals surface area contributed by atoms with E-state index in [2.05, 4.69) is 15.0 Å². The predicted molar refractivity (Wildman–Crippen MR) is 45.7 cm³/mol. The van der Waals surface area contributed by atoms with Crippen LogP contribution in [-0.4, -0.2) is 13.1 Å². The van der Waals surface area contributed by atoms with Crippen LogP contribution >= 0.6 is 0 Å². The molecule has 0 radical (unpaired) electrons. The minimum Gasteiger partial charge on any atom is -0.468 e. The summed E-state index contributed by atoms with van der Waals surface area (Å²) < 4.78 is 4.66. The Kier molecular flexibility index (Phi) is 1.81. The highest BCUT2D eigenvalue weighted by atomic mass is 16.5. The predicted octanol–water partition coefficient (Wildman–Crippen LogP) is 1.58. The molecule has 0 aromatic rings. The Morgan fingerprint density at radius 1 is 1.62 bits per heavy atom. The van der Waals surface area contributed by atoms with E-state index in [1.54, 1.807) is 18.4 Å². The molecule has 0 amide bonds. The minimum atomic E-state index is -0.347. The van der Waals surface area contributed by atoms with E-state index in [-0.39, 0.29) is 11.9 Å². The van der Waals surface area contributed by atoms with Crippen LogP contribution in [0.4, 0.5) is 0 Å². The first-order chi connectivity index (χ1) is 6.33. The Morgan fingerprint density at radius 2 is 2.46 bits per heavy atom. The van der Waals surface area contributed by atoms with Gasteiger partial charge in [0.2, 0.25) is 0 Å². The molecule has 1 heterocycles. The first-order valence-electron chi connectivity index (χ1n) is 3.90. The molecule has 0 unspecified atom stereocenters. The van der Waals surface area contributed by atoms with E-state index in [0.29, 0.717) is 0 Å². The Bertz CT molecular complexity index is 364. The summed E-state index contributed by atoms with van der Waals surface area (Å²) in [5.41, 5.74) is 1.56. The van der Waals surface area contributed by atoms with Crippen molar-refractivity contribution < 1.29 is 9.53 Å². The molecule has 0 bridgehead atoms. The highest BCUT2D eigenvalue weighted by molar-refractivity contribution is 5.80. The highest BCUT2D eigenvalue weighted by Gasteiger charge is 2.27. The van der Waals surface area contributed by atoms with Gasteiger partial charge in [-0.3, -0.25) is 4.79 Å². The fourth-order valence-electron chi connectivity index (χ4n) is 1.34. The van der Waals surface area contributed by atoms with Crippen LogP contribution in [0, 0.1) is 5.92 Å². The highest BCUT2D eigenvalue weighted by Crippen LogP contribution is 2.31. The summed E-state index contributed by atoms with van der Waals surface area (Å²) in [7, 11) is 1.37.